The van der Waals surface area contributed by atoms with Gasteiger partial charge in [0.1, 0.15) is 0 Å². The summed E-state index contributed by atoms with van der Waals surface area (Å²) < 4.78 is 33.3. The molecule has 4 nitrogen and oxygen atoms in total. The first-order valence-corrected chi connectivity index (χ1v) is 7.99. The van der Waals surface area contributed by atoms with Crippen LogP contribution in [0.4, 0.5) is 0 Å². The Balaban J connectivity index is 1.65. The van der Waals surface area contributed by atoms with Gasteiger partial charge in [-0.05, 0) is 25.7 Å². The van der Waals surface area contributed by atoms with Crippen molar-refractivity contribution >= 4 is 19.7 Å². The molecular formula is C10H15ClO4S. The maximum atomic E-state index is 11.4. The molecule has 0 bridgehead atoms. The highest BCUT2D eigenvalue weighted by molar-refractivity contribution is 8.15. The van der Waals surface area contributed by atoms with E-state index in [4.69, 9.17) is 20.2 Å². The topological polar surface area (TPSA) is 52.6 Å². The van der Waals surface area contributed by atoms with Crippen molar-refractivity contribution < 1.29 is 17.9 Å². The zero-order chi connectivity index (χ0) is 11.4. The Labute approximate surface area is 99.7 Å². The fraction of sp³-hybridized carbons (Fsp3) is 1.00. The van der Waals surface area contributed by atoms with Gasteiger partial charge in [0.05, 0.1) is 30.2 Å². The molecule has 0 aromatic rings. The predicted octanol–water partition coefficient (Wildman–Crippen LogP) is 1.28. The summed E-state index contributed by atoms with van der Waals surface area (Å²) >= 11 is 0. The van der Waals surface area contributed by atoms with Crippen LogP contribution < -0.4 is 0 Å². The zero-order valence-electron chi connectivity index (χ0n) is 8.89. The number of hydrogen-bond acceptors (Lipinski definition) is 4. The molecule has 92 valence electrons. The Morgan fingerprint density at radius 3 is 2.62 bits per heavy atom. The third-order valence-corrected chi connectivity index (χ3v) is 6.59. The van der Waals surface area contributed by atoms with Crippen LogP contribution in [-0.2, 0) is 18.5 Å². The summed E-state index contributed by atoms with van der Waals surface area (Å²) in [5, 5.41) is 0. The van der Waals surface area contributed by atoms with Gasteiger partial charge in [-0.3, -0.25) is 0 Å². The van der Waals surface area contributed by atoms with Crippen LogP contribution in [0, 0.1) is 5.92 Å². The highest BCUT2D eigenvalue weighted by atomic mass is 35.7. The molecule has 3 fully saturated rings. The highest BCUT2D eigenvalue weighted by Gasteiger charge is 2.56. The van der Waals surface area contributed by atoms with E-state index in [0.29, 0.717) is 31.8 Å². The molecular weight excluding hydrogens is 252 g/mol. The molecule has 1 aliphatic carbocycles. The summed E-state index contributed by atoms with van der Waals surface area (Å²) in [6.07, 6.45) is 3.08. The first kappa shape index (κ1) is 11.3. The molecule has 3 aliphatic rings. The smallest absolute Gasteiger partial charge is 0.238 e. The summed E-state index contributed by atoms with van der Waals surface area (Å²) in [7, 11) is 2.04. The van der Waals surface area contributed by atoms with Gasteiger partial charge in [-0.1, -0.05) is 0 Å². The summed E-state index contributed by atoms with van der Waals surface area (Å²) in [5.41, 5.74) is 0. The largest absolute Gasteiger partial charge is 0.378 e. The number of fused-ring (bicyclic) bond motifs is 1. The van der Waals surface area contributed by atoms with Crippen molar-refractivity contribution in [1.82, 2.24) is 0 Å². The molecule has 16 heavy (non-hydrogen) atoms. The van der Waals surface area contributed by atoms with Crippen molar-refractivity contribution in [3.8, 4) is 0 Å². The molecule has 1 saturated carbocycles. The monoisotopic (exact) mass is 266 g/mol. The fourth-order valence-electron chi connectivity index (χ4n) is 2.82. The van der Waals surface area contributed by atoms with Crippen LogP contribution in [0.3, 0.4) is 0 Å². The van der Waals surface area contributed by atoms with Crippen LogP contribution in [0.25, 0.3) is 0 Å². The van der Waals surface area contributed by atoms with Crippen LogP contribution in [-0.4, -0.2) is 38.6 Å². The van der Waals surface area contributed by atoms with Crippen molar-refractivity contribution in [2.24, 2.45) is 5.92 Å². The van der Waals surface area contributed by atoms with E-state index in [-0.39, 0.29) is 12.2 Å². The minimum Gasteiger partial charge on any atom is -0.378 e. The average Bonchev–Trinajstić information content (AvgIpc) is 2.64. The lowest BCUT2D eigenvalue weighted by Crippen LogP contribution is -2.25. The second-order valence-electron chi connectivity index (χ2n) is 5.15. The van der Waals surface area contributed by atoms with E-state index in [1.165, 1.54) is 0 Å². The summed E-state index contributed by atoms with van der Waals surface area (Å²) in [6.45, 7) is 1.41. The molecule has 0 aromatic carbocycles. The van der Waals surface area contributed by atoms with E-state index in [1.54, 1.807) is 0 Å². The maximum absolute atomic E-state index is 11.4. The van der Waals surface area contributed by atoms with Gasteiger partial charge in [0.2, 0.25) is 9.05 Å². The standard InChI is InChI=1S/C10H15ClO4S/c11-16(12,13)10(1-2-10)4-8-3-7-5-14-6-9(7)15-8/h7-9H,1-6H2/t7-,8?,9+/m1/s1. The normalized spacial score (nSPS) is 40.9. The molecule has 3 atom stereocenters. The fourth-order valence-corrected chi connectivity index (χ4v) is 4.45. The maximum Gasteiger partial charge on any atom is 0.238 e. The number of hydrogen-bond donors (Lipinski definition) is 0. The molecule has 0 spiro atoms. The van der Waals surface area contributed by atoms with Gasteiger partial charge in [0.25, 0.3) is 0 Å². The molecule has 3 rings (SSSR count). The van der Waals surface area contributed by atoms with Crippen molar-refractivity contribution in [3.63, 3.8) is 0 Å². The quantitative estimate of drug-likeness (QED) is 0.722. The molecule has 0 amide bonds. The molecule has 0 radical (unpaired) electrons. The Kier molecular flexibility index (Phi) is 2.52. The zero-order valence-corrected chi connectivity index (χ0v) is 10.5. The molecule has 1 unspecified atom stereocenters. The molecule has 6 heteroatoms. The van der Waals surface area contributed by atoms with E-state index >= 15 is 0 Å². The Morgan fingerprint density at radius 1 is 1.31 bits per heavy atom. The first-order chi connectivity index (χ1) is 7.50. The lowest BCUT2D eigenvalue weighted by Gasteiger charge is -2.17. The van der Waals surface area contributed by atoms with Crippen molar-refractivity contribution in [1.29, 1.82) is 0 Å². The van der Waals surface area contributed by atoms with E-state index in [1.807, 2.05) is 0 Å². The summed E-state index contributed by atoms with van der Waals surface area (Å²) in [5.74, 6) is 0.457. The predicted molar refractivity (Wildman–Crippen MR) is 58.9 cm³/mol. The average molecular weight is 267 g/mol. The van der Waals surface area contributed by atoms with Crippen molar-refractivity contribution in [2.45, 2.75) is 42.6 Å². The van der Waals surface area contributed by atoms with Crippen LogP contribution >= 0.6 is 10.7 Å². The van der Waals surface area contributed by atoms with Gasteiger partial charge in [0.15, 0.2) is 0 Å². The van der Waals surface area contributed by atoms with E-state index in [0.717, 1.165) is 13.0 Å². The molecule has 0 aromatic heterocycles. The lowest BCUT2D eigenvalue weighted by atomic mass is 10.0. The lowest BCUT2D eigenvalue weighted by molar-refractivity contribution is 0.0152. The van der Waals surface area contributed by atoms with E-state index < -0.39 is 13.8 Å². The Bertz CT molecular complexity index is 378. The third-order valence-electron chi connectivity index (χ3n) is 4.00. The van der Waals surface area contributed by atoms with Gasteiger partial charge in [0, 0.05) is 16.6 Å². The second kappa shape index (κ2) is 3.57. The van der Waals surface area contributed by atoms with Gasteiger partial charge < -0.3 is 9.47 Å². The second-order valence-corrected chi connectivity index (χ2v) is 8.12. The van der Waals surface area contributed by atoms with Crippen LogP contribution in [0.15, 0.2) is 0 Å². The SMILES string of the molecule is O=S(=O)(Cl)C1(CC2C[C@@H]3COC[C@@H]3O2)CC1. The van der Waals surface area contributed by atoms with E-state index in [9.17, 15) is 8.42 Å². The van der Waals surface area contributed by atoms with Crippen LogP contribution in [0.2, 0.25) is 0 Å². The molecule has 0 N–H and O–H groups in total. The minimum absolute atomic E-state index is 0.0509. The first-order valence-electron chi connectivity index (χ1n) is 5.68. The third kappa shape index (κ3) is 1.78. The van der Waals surface area contributed by atoms with Gasteiger partial charge >= 0.3 is 0 Å². The summed E-state index contributed by atoms with van der Waals surface area (Å²) in [4.78, 5) is 0. The Hall–Kier alpha value is 0.160. The minimum atomic E-state index is -3.44. The molecule has 2 saturated heterocycles. The van der Waals surface area contributed by atoms with Gasteiger partial charge in [-0.2, -0.15) is 0 Å². The van der Waals surface area contributed by atoms with E-state index in [2.05, 4.69) is 0 Å². The molecule has 2 aliphatic heterocycles. The van der Waals surface area contributed by atoms with Crippen LogP contribution in [0.1, 0.15) is 25.7 Å². The molecule has 2 heterocycles. The van der Waals surface area contributed by atoms with Crippen LogP contribution in [0.5, 0.6) is 0 Å². The summed E-state index contributed by atoms with van der Waals surface area (Å²) in [6, 6.07) is 0. The van der Waals surface area contributed by atoms with Gasteiger partial charge in [-0.25, -0.2) is 8.42 Å². The van der Waals surface area contributed by atoms with Gasteiger partial charge in [-0.15, -0.1) is 0 Å². The number of halogens is 1. The number of ether oxygens (including phenoxy) is 2. The van der Waals surface area contributed by atoms with Crippen molar-refractivity contribution in [2.75, 3.05) is 13.2 Å². The Morgan fingerprint density at radius 2 is 2.06 bits per heavy atom. The van der Waals surface area contributed by atoms with Crippen molar-refractivity contribution in [3.05, 3.63) is 0 Å². The number of rotatable bonds is 3. The highest BCUT2D eigenvalue weighted by Crippen LogP contribution is 2.51.